The van der Waals surface area contributed by atoms with E-state index in [1.807, 2.05) is 13.8 Å². The van der Waals surface area contributed by atoms with E-state index in [2.05, 4.69) is 5.32 Å². The molecular formula is C11H22N2O2S. The summed E-state index contributed by atoms with van der Waals surface area (Å²) in [6.45, 7) is 5.27. The lowest BCUT2D eigenvalue weighted by atomic mass is 10.1. The molecular weight excluding hydrogens is 224 g/mol. The van der Waals surface area contributed by atoms with Crippen molar-refractivity contribution in [2.24, 2.45) is 5.73 Å². The van der Waals surface area contributed by atoms with E-state index in [1.54, 1.807) is 0 Å². The molecule has 1 atom stereocenters. The molecule has 94 valence electrons. The van der Waals surface area contributed by atoms with Crippen molar-refractivity contribution in [2.45, 2.75) is 45.6 Å². The number of thiocarbonyl (C=S) groups is 1. The molecule has 0 aromatic carbocycles. The zero-order valence-corrected chi connectivity index (χ0v) is 10.9. The minimum atomic E-state index is 0.0443. The van der Waals surface area contributed by atoms with Gasteiger partial charge in [0.2, 0.25) is 5.91 Å². The zero-order valence-electron chi connectivity index (χ0n) is 10.1. The van der Waals surface area contributed by atoms with Crippen LogP contribution < -0.4 is 11.1 Å². The number of amides is 1. The number of hydrogen-bond acceptors (Lipinski definition) is 3. The lowest BCUT2D eigenvalue weighted by molar-refractivity contribution is -0.122. The number of hydrogen-bond donors (Lipinski definition) is 2. The topological polar surface area (TPSA) is 64.3 Å². The van der Waals surface area contributed by atoms with Crippen LogP contribution in [-0.4, -0.2) is 30.2 Å². The minimum Gasteiger partial charge on any atom is -0.393 e. The van der Waals surface area contributed by atoms with E-state index in [1.165, 1.54) is 0 Å². The van der Waals surface area contributed by atoms with Gasteiger partial charge in [-0.2, -0.15) is 0 Å². The molecule has 0 aliphatic rings. The van der Waals surface area contributed by atoms with Crippen LogP contribution in [0.2, 0.25) is 0 Å². The smallest absolute Gasteiger partial charge is 0.220 e. The number of nitrogens with one attached hydrogen (secondary N) is 1. The van der Waals surface area contributed by atoms with Gasteiger partial charge >= 0.3 is 0 Å². The van der Waals surface area contributed by atoms with Gasteiger partial charge in [-0.05, 0) is 19.8 Å². The third-order valence-corrected chi connectivity index (χ3v) is 2.37. The number of ether oxygens (including phenoxy) is 1. The van der Waals surface area contributed by atoms with E-state index in [4.69, 9.17) is 22.7 Å². The van der Waals surface area contributed by atoms with Gasteiger partial charge in [-0.25, -0.2) is 0 Å². The Kier molecular flexibility index (Phi) is 9.13. The van der Waals surface area contributed by atoms with E-state index >= 15 is 0 Å². The standard InChI is InChI=1S/C11H22N2O2S/c1-3-9(8-10(12)16)13-11(14)6-5-7-15-4-2/h9H,3-8H2,1-2H3,(H2,12,16)(H,13,14). The van der Waals surface area contributed by atoms with Crippen LogP contribution in [0.15, 0.2) is 0 Å². The fourth-order valence-electron chi connectivity index (χ4n) is 1.32. The van der Waals surface area contributed by atoms with Crippen molar-refractivity contribution >= 4 is 23.1 Å². The highest BCUT2D eigenvalue weighted by molar-refractivity contribution is 7.80. The molecule has 5 heteroatoms. The van der Waals surface area contributed by atoms with Crippen LogP contribution in [0.4, 0.5) is 0 Å². The van der Waals surface area contributed by atoms with Crippen LogP contribution in [0.5, 0.6) is 0 Å². The largest absolute Gasteiger partial charge is 0.393 e. The Labute approximate surface area is 103 Å². The first-order valence-corrected chi connectivity index (χ1v) is 6.16. The van der Waals surface area contributed by atoms with Crippen molar-refractivity contribution in [3.63, 3.8) is 0 Å². The number of nitrogens with two attached hydrogens (primary N) is 1. The molecule has 0 aromatic heterocycles. The van der Waals surface area contributed by atoms with Gasteiger partial charge in [0.1, 0.15) is 0 Å². The fourth-order valence-corrected chi connectivity index (χ4v) is 1.52. The quantitative estimate of drug-likeness (QED) is 0.476. The van der Waals surface area contributed by atoms with Crippen molar-refractivity contribution in [1.82, 2.24) is 5.32 Å². The van der Waals surface area contributed by atoms with Gasteiger partial charge in [0.05, 0.1) is 4.99 Å². The van der Waals surface area contributed by atoms with Crippen molar-refractivity contribution in [3.05, 3.63) is 0 Å². The second-order valence-corrected chi connectivity index (χ2v) is 4.17. The SMILES string of the molecule is CCOCCCC(=O)NC(CC)CC(N)=S. The Morgan fingerprint density at radius 2 is 2.19 bits per heavy atom. The molecule has 0 rings (SSSR count). The predicted molar refractivity (Wildman–Crippen MR) is 69.4 cm³/mol. The molecule has 0 aromatic rings. The van der Waals surface area contributed by atoms with E-state index in [0.29, 0.717) is 31.0 Å². The summed E-state index contributed by atoms with van der Waals surface area (Å²) in [6, 6.07) is 0.0668. The lowest BCUT2D eigenvalue weighted by Gasteiger charge is -2.16. The van der Waals surface area contributed by atoms with Gasteiger partial charge in [-0.15, -0.1) is 0 Å². The van der Waals surface area contributed by atoms with E-state index in [-0.39, 0.29) is 11.9 Å². The van der Waals surface area contributed by atoms with Crippen LogP contribution in [0.1, 0.15) is 39.5 Å². The third kappa shape index (κ3) is 8.61. The maximum atomic E-state index is 11.5. The average molecular weight is 246 g/mol. The number of rotatable bonds is 9. The molecule has 0 saturated carbocycles. The van der Waals surface area contributed by atoms with Gasteiger partial charge in [-0.1, -0.05) is 19.1 Å². The van der Waals surface area contributed by atoms with Crippen LogP contribution >= 0.6 is 12.2 Å². The Bertz CT molecular complexity index is 222. The van der Waals surface area contributed by atoms with E-state index in [0.717, 1.165) is 12.8 Å². The summed E-state index contributed by atoms with van der Waals surface area (Å²) < 4.78 is 5.16. The molecule has 0 spiro atoms. The van der Waals surface area contributed by atoms with Gasteiger partial charge in [0, 0.05) is 32.1 Å². The van der Waals surface area contributed by atoms with Gasteiger partial charge < -0.3 is 15.8 Å². The predicted octanol–water partition coefficient (Wildman–Crippen LogP) is 1.37. The molecule has 0 fully saturated rings. The highest BCUT2D eigenvalue weighted by atomic mass is 32.1. The third-order valence-electron chi connectivity index (χ3n) is 2.20. The molecule has 3 N–H and O–H groups in total. The number of carbonyl (C=O) groups excluding carboxylic acids is 1. The monoisotopic (exact) mass is 246 g/mol. The lowest BCUT2D eigenvalue weighted by Crippen LogP contribution is -2.37. The van der Waals surface area contributed by atoms with Crippen molar-refractivity contribution in [3.8, 4) is 0 Å². The van der Waals surface area contributed by atoms with Crippen LogP contribution in [-0.2, 0) is 9.53 Å². The van der Waals surface area contributed by atoms with E-state index < -0.39 is 0 Å². The average Bonchev–Trinajstić information content (AvgIpc) is 2.23. The summed E-state index contributed by atoms with van der Waals surface area (Å²) in [6.07, 6.45) is 2.66. The van der Waals surface area contributed by atoms with E-state index in [9.17, 15) is 4.79 Å². The second kappa shape index (κ2) is 9.54. The maximum absolute atomic E-state index is 11.5. The normalized spacial score (nSPS) is 12.1. The Morgan fingerprint density at radius 3 is 2.69 bits per heavy atom. The molecule has 0 heterocycles. The van der Waals surface area contributed by atoms with Crippen LogP contribution in [0.3, 0.4) is 0 Å². The summed E-state index contributed by atoms with van der Waals surface area (Å²) >= 11 is 4.82. The fraction of sp³-hybridized carbons (Fsp3) is 0.818. The minimum absolute atomic E-state index is 0.0443. The van der Waals surface area contributed by atoms with Crippen molar-refractivity contribution in [2.75, 3.05) is 13.2 Å². The molecule has 0 saturated heterocycles. The number of carbonyl (C=O) groups is 1. The van der Waals surface area contributed by atoms with Gasteiger partial charge in [-0.3, -0.25) is 4.79 Å². The summed E-state index contributed by atoms with van der Waals surface area (Å²) in [4.78, 5) is 12.0. The summed E-state index contributed by atoms with van der Waals surface area (Å²) in [5, 5.41) is 2.91. The molecule has 0 bridgehead atoms. The molecule has 0 radical (unpaired) electrons. The molecule has 1 amide bonds. The Morgan fingerprint density at radius 1 is 1.50 bits per heavy atom. The summed E-state index contributed by atoms with van der Waals surface area (Å²) in [7, 11) is 0. The molecule has 0 aliphatic carbocycles. The summed E-state index contributed by atoms with van der Waals surface area (Å²) in [5.41, 5.74) is 5.44. The molecule has 0 aliphatic heterocycles. The van der Waals surface area contributed by atoms with Gasteiger partial charge in [0.25, 0.3) is 0 Å². The van der Waals surface area contributed by atoms with Crippen LogP contribution in [0, 0.1) is 0 Å². The van der Waals surface area contributed by atoms with Crippen LogP contribution in [0.25, 0.3) is 0 Å². The first-order chi connectivity index (χ1) is 7.60. The molecule has 4 nitrogen and oxygen atoms in total. The molecule has 16 heavy (non-hydrogen) atoms. The zero-order chi connectivity index (χ0) is 12.4. The highest BCUT2D eigenvalue weighted by Gasteiger charge is 2.10. The first kappa shape index (κ1) is 15.3. The second-order valence-electron chi connectivity index (χ2n) is 3.64. The summed E-state index contributed by atoms with van der Waals surface area (Å²) in [5.74, 6) is 0.0443. The van der Waals surface area contributed by atoms with Crippen molar-refractivity contribution < 1.29 is 9.53 Å². The maximum Gasteiger partial charge on any atom is 0.220 e. The van der Waals surface area contributed by atoms with Crippen molar-refractivity contribution in [1.29, 1.82) is 0 Å². The molecule has 1 unspecified atom stereocenters. The highest BCUT2D eigenvalue weighted by Crippen LogP contribution is 1.99. The first-order valence-electron chi connectivity index (χ1n) is 5.75. The Balaban J connectivity index is 3.70. The van der Waals surface area contributed by atoms with Gasteiger partial charge in [0.15, 0.2) is 0 Å². The Hall–Kier alpha value is -0.680.